The van der Waals surface area contributed by atoms with Gasteiger partial charge in [-0.1, -0.05) is 19.1 Å². The van der Waals surface area contributed by atoms with Gasteiger partial charge >= 0.3 is 11.9 Å². The molecule has 0 saturated carbocycles. The number of nitrogens with zero attached hydrogens (tertiary/aromatic N) is 1. The van der Waals surface area contributed by atoms with Crippen molar-refractivity contribution in [1.29, 1.82) is 0 Å². The molecule has 1 aliphatic heterocycles. The van der Waals surface area contributed by atoms with Gasteiger partial charge in [0.15, 0.2) is 0 Å². The second kappa shape index (κ2) is 9.99. The molecule has 1 aliphatic rings. The third-order valence-electron chi connectivity index (χ3n) is 4.85. The van der Waals surface area contributed by atoms with Crippen LogP contribution < -0.4 is 0 Å². The summed E-state index contributed by atoms with van der Waals surface area (Å²) in [7, 11) is 0. The van der Waals surface area contributed by atoms with E-state index in [-0.39, 0.29) is 17.3 Å². The molecule has 0 aliphatic carbocycles. The van der Waals surface area contributed by atoms with Crippen molar-refractivity contribution in [1.82, 2.24) is 4.90 Å². The number of aliphatic hydroxyl groups is 1. The number of aromatic carboxylic acids is 1. The van der Waals surface area contributed by atoms with Gasteiger partial charge in [-0.05, 0) is 37.8 Å². The van der Waals surface area contributed by atoms with Crippen LogP contribution in [0.2, 0.25) is 0 Å². The van der Waals surface area contributed by atoms with Crippen LogP contribution >= 0.6 is 11.3 Å². The van der Waals surface area contributed by atoms with Crippen molar-refractivity contribution in [2.75, 3.05) is 6.54 Å². The molecule has 1 fully saturated rings. The maximum absolute atomic E-state index is 14.0. The normalized spacial score (nSPS) is 20.5. The van der Waals surface area contributed by atoms with Gasteiger partial charge in [0.1, 0.15) is 4.88 Å². The number of likely N-dealkylation sites (tertiary alicyclic amines) is 1. The molecule has 3 atom stereocenters. The van der Waals surface area contributed by atoms with Crippen LogP contribution in [-0.4, -0.2) is 51.6 Å². The highest BCUT2D eigenvalue weighted by atomic mass is 32.1. The van der Waals surface area contributed by atoms with Crippen LogP contribution in [0.4, 0.5) is 8.78 Å². The van der Waals surface area contributed by atoms with Gasteiger partial charge in [0.05, 0.1) is 12.1 Å². The number of hydrogen-bond donors (Lipinski definition) is 2. The van der Waals surface area contributed by atoms with Crippen molar-refractivity contribution in [3.63, 3.8) is 0 Å². The highest BCUT2D eigenvalue weighted by Gasteiger charge is 2.52. The van der Waals surface area contributed by atoms with Gasteiger partial charge in [-0.3, -0.25) is 4.79 Å². The van der Waals surface area contributed by atoms with Crippen LogP contribution in [0, 0.1) is 17.8 Å². The molecule has 0 aromatic carbocycles. The molecular weight excluding hydrogens is 400 g/mol. The molecule has 0 bridgehead atoms. The first-order valence-corrected chi connectivity index (χ1v) is 10.2. The van der Waals surface area contributed by atoms with Crippen LogP contribution in [0.25, 0.3) is 0 Å². The number of aliphatic hydroxyl groups excluding tert-OH is 1. The van der Waals surface area contributed by atoms with Crippen molar-refractivity contribution < 1.29 is 28.6 Å². The number of carbonyl (C=O) groups excluding carboxylic acids is 1. The zero-order chi connectivity index (χ0) is 21.6. The molecule has 0 unspecified atom stereocenters. The Morgan fingerprint density at radius 1 is 1.48 bits per heavy atom. The molecular formula is C21H25F2NO4S. The minimum Gasteiger partial charge on any atom is -0.477 e. The third kappa shape index (κ3) is 6.12. The fraction of sp³-hybridized carbons (Fsp3) is 0.524. The van der Waals surface area contributed by atoms with Gasteiger partial charge in [0, 0.05) is 24.3 Å². The first-order chi connectivity index (χ1) is 13.7. The Labute approximate surface area is 173 Å². The van der Waals surface area contributed by atoms with E-state index in [9.17, 15) is 23.5 Å². The highest BCUT2D eigenvalue weighted by Crippen LogP contribution is 2.34. The Hall–Kier alpha value is -2.24. The van der Waals surface area contributed by atoms with E-state index in [1.165, 1.54) is 18.2 Å². The standard InChI is InChI=1S/C21H25F2NO4S/c1-3-4-6-14(2)17(25)10-8-15-13-21(22,23)20(28)24(15)12-5-7-16-9-11-18(29-16)19(26)27/h8-11,14-15,17,25H,5-7,12-13H2,1-2H3,(H,26,27)/b10-8+/t14-,15-,17+/m0/s1. The number of carboxylic acid groups (broad SMARTS) is 1. The lowest BCUT2D eigenvalue weighted by Crippen LogP contribution is -2.36. The number of hydrogen-bond acceptors (Lipinski definition) is 4. The monoisotopic (exact) mass is 425 g/mol. The summed E-state index contributed by atoms with van der Waals surface area (Å²) >= 11 is 1.14. The van der Waals surface area contributed by atoms with Gasteiger partial charge in [-0.25, -0.2) is 4.79 Å². The van der Waals surface area contributed by atoms with Crippen LogP contribution in [0.1, 0.15) is 47.7 Å². The van der Waals surface area contributed by atoms with E-state index in [0.29, 0.717) is 19.3 Å². The molecule has 2 rings (SSSR count). The van der Waals surface area contributed by atoms with Crippen molar-refractivity contribution >= 4 is 23.2 Å². The molecule has 5 nitrogen and oxygen atoms in total. The van der Waals surface area contributed by atoms with Gasteiger partial charge in [-0.15, -0.1) is 23.2 Å². The van der Waals surface area contributed by atoms with Gasteiger partial charge in [0.25, 0.3) is 5.91 Å². The van der Waals surface area contributed by atoms with Crippen molar-refractivity contribution in [3.8, 4) is 11.8 Å². The minimum atomic E-state index is -3.42. The number of carboxylic acids is 1. The summed E-state index contributed by atoms with van der Waals surface area (Å²) < 4.78 is 27.9. The number of halogens is 2. The molecule has 158 valence electrons. The van der Waals surface area contributed by atoms with Crippen LogP contribution in [0.3, 0.4) is 0 Å². The Morgan fingerprint density at radius 3 is 2.83 bits per heavy atom. The van der Waals surface area contributed by atoms with Crippen molar-refractivity contribution in [2.24, 2.45) is 5.92 Å². The summed E-state index contributed by atoms with van der Waals surface area (Å²) in [5.74, 6) is -0.147. The third-order valence-corrected chi connectivity index (χ3v) is 5.98. The number of aryl methyl sites for hydroxylation is 1. The Balaban J connectivity index is 1.98. The van der Waals surface area contributed by atoms with E-state index in [1.807, 2.05) is 6.92 Å². The predicted molar refractivity (Wildman–Crippen MR) is 107 cm³/mol. The maximum Gasteiger partial charge on any atom is 0.345 e. The summed E-state index contributed by atoms with van der Waals surface area (Å²) in [6.45, 7) is 3.66. The first-order valence-electron chi connectivity index (χ1n) is 9.42. The number of amides is 1. The lowest BCUT2D eigenvalue weighted by Gasteiger charge is -2.22. The molecule has 8 heteroatoms. The van der Waals surface area contributed by atoms with Gasteiger partial charge < -0.3 is 15.1 Å². The SMILES string of the molecule is CC#CC[C@H](C)[C@H](O)/C=C/[C@H]1CC(F)(F)C(=O)N1CCCc1ccc(C(=O)O)s1. The molecule has 29 heavy (non-hydrogen) atoms. The van der Waals surface area contributed by atoms with E-state index in [2.05, 4.69) is 11.8 Å². The fourth-order valence-electron chi connectivity index (χ4n) is 3.13. The predicted octanol–water partition coefficient (Wildman–Crippen LogP) is 3.58. The Kier molecular flexibility index (Phi) is 7.94. The van der Waals surface area contributed by atoms with E-state index in [0.717, 1.165) is 21.1 Å². The van der Waals surface area contributed by atoms with E-state index in [1.54, 1.807) is 13.0 Å². The number of thiophene rings is 1. The summed E-state index contributed by atoms with van der Waals surface area (Å²) in [5, 5.41) is 19.1. The zero-order valence-electron chi connectivity index (χ0n) is 16.4. The summed E-state index contributed by atoms with van der Waals surface area (Å²) in [6.07, 6.45) is 2.93. The second-order valence-corrected chi connectivity index (χ2v) is 8.30. The zero-order valence-corrected chi connectivity index (χ0v) is 17.2. The average Bonchev–Trinajstić information content (AvgIpc) is 3.22. The quantitative estimate of drug-likeness (QED) is 0.468. The number of rotatable bonds is 9. The Morgan fingerprint density at radius 2 is 2.21 bits per heavy atom. The largest absolute Gasteiger partial charge is 0.477 e. The Bertz CT molecular complexity index is 824. The van der Waals surface area contributed by atoms with Crippen molar-refractivity contribution in [3.05, 3.63) is 34.0 Å². The van der Waals surface area contributed by atoms with Gasteiger partial charge in [-0.2, -0.15) is 8.78 Å². The van der Waals surface area contributed by atoms with Crippen LogP contribution in [-0.2, 0) is 11.2 Å². The molecule has 0 radical (unpaired) electrons. The first kappa shape index (κ1) is 23.0. The highest BCUT2D eigenvalue weighted by molar-refractivity contribution is 7.13. The minimum absolute atomic E-state index is 0.136. The molecule has 2 N–H and O–H groups in total. The summed E-state index contributed by atoms with van der Waals surface area (Å²) in [4.78, 5) is 25.2. The maximum atomic E-state index is 14.0. The molecule has 1 saturated heterocycles. The van der Waals surface area contributed by atoms with E-state index >= 15 is 0 Å². The topological polar surface area (TPSA) is 77.8 Å². The number of alkyl halides is 2. The van der Waals surface area contributed by atoms with E-state index < -0.39 is 36.4 Å². The summed E-state index contributed by atoms with van der Waals surface area (Å²) in [5.41, 5.74) is 0. The molecule has 1 amide bonds. The van der Waals surface area contributed by atoms with Crippen LogP contribution in [0.15, 0.2) is 24.3 Å². The fourth-order valence-corrected chi connectivity index (χ4v) is 4.01. The molecule has 2 heterocycles. The molecule has 1 aromatic rings. The second-order valence-electron chi connectivity index (χ2n) is 7.13. The molecule has 0 spiro atoms. The summed E-state index contributed by atoms with van der Waals surface area (Å²) in [6, 6.07) is 2.42. The van der Waals surface area contributed by atoms with Crippen LogP contribution in [0.5, 0.6) is 0 Å². The lowest BCUT2D eigenvalue weighted by molar-refractivity contribution is -0.148. The number of carbonyl (C=O) groups is 2. The van der Waals surface area contributed by atoms with E-state index in [4.69, 9.17) is 5.11 Å². The van der Waals surface area contributed by atoms with Gasteiger partial charge in [0.2, 0.25) is 0 Å². The average molecular weight is 425 g/mol. The van der Waals surface area contributed by atoms with Crippen molar-refractivity contribution in [2.45, 2.75) is 57.6 Å². The lowest BCUT2D eigenvalue weighted by atomic mass is 10.00. The molecule has 1 aromatic heterocycles. The smallest absolute Gasteiger partial charge is 0.345 e.